The molecule has 1 aromatic heterocycles. The van der Waals surface area contributed by atoms with Gasteiger partial charge in [-0.25, -0.2) is 4.79 Å². The first kappa shape index (κ1) is 15.6. The van der Waals surface area contributed by atoms with Crippen molar-refractivity contribution in [3.63, 3.8) is 0 Å². The van der Waals surface area contributed by atoms with Gasteiger partial charge >= 0.3 is 5.97 Å². The molecule has 2 atom stereocenters. The van der Waals surface area contributed by atoms with E-state index in [0.717, 1.165) is 6.42 Å². The molecule has 2 rings (SSSR count). The first-order valence-electron chi connectivity index (χ1n) is 7.31. The highest BCUT2D eigenvalue weighted by molar-refractivity contribution is 5.93. The molecule has 2 unspecified atom stereocenters. The Morgan fingerprint density at radius 3 is 2.71 bits per heavy atom. The minimum atomic E-state index is -1.19. The van der Waals surface area contributed by atoms with Gasteiger partial charge in [-0.15, -0.1) is 0 Å². The fraction of sp³-hybridized carbons (Fsp3) is 0.600. The molecule has 1 fully saturated rings. The van der Waals surface area contributed by atoms with Crippen LogP contribution >= 0.6 is 0 Å². The van der Waals surface area contributed by atoms with Crippen molar-refractivity contribution in [3.8, 4) is 0 Å². The summed E-state index contributed by atoms with van der Waals surface area (Å²) in [6.45, 7) is 3.02. The fourth-order valence-corrected chi connectivity index (χ4v) is 2.57. The highest BCUT2D eigenvalue weighted by Gasteiger charge is 2.21. The maximum absolute atomic E-state index is 11.7. The van der Waals surface area contributed by atoms with Gasteiger partial charge in [0.1, 0.15) is 0 Å². The summed E-state index contributed by atoms with van der Waals surface area (Å²) in [7, 11) is 0. The molecule has 1 saturated carbocycles. The van der Waals surface area contributed by atoms with Crippen LogP contribution < -0.4 is 5.32 Å². The minimum Gasteiger partial charge on any atom is -0.475 e. The lowest BCUT2D eigenvalue weighted by atomic mass is 9.88. The lowest BCUT2D eigenvalue weighted by Gasteiger charge is -2.28. The molecular formula is C15H21NO5. The van der Waals surface area contributed by atoms with Crippen molar-refractivity contribution < 1.29 is 23.8 Å². The molecule has 6 heteroatoms. The zero-order valence-corrected chi connectivity index (χ0v) is 12.1. The van der Waals surface area contributed by atoms with Crippen molar-refractivity contribution >= 4 is 11.9 Å². The second kappa shape index (κ2) is 7.26. The molecule has 0 radical (unpaired) electrons. The van der Waals surface area contributed by atoms with Crippen molar-refractivity contribution in [1.82, 2.24) is 5.32 Å². The van der Waals surface area contributed by atoms with Crippen LogP contribution in [0, 0.1) is 5.92 Å². The zero-order chi connectivity index (χ0) is 15.2. The van der Waals surface area contributed by atoms with E-state index in [1.165, 1.54) is 31.4 Å². The van der Waals surface area contributed by atoms with Crippen LogP contribution in [-0.4, -0.2) is 36.2 Å². The van der Waals surface area contributed by atoms with Crippen LogP contribution in [0.4, 0.5) is 0 Å². The van der Waals surface area contributed by atoms with Gasteiger partial charge in [0.2, 0.25) is 5.76 Å². The van der Waals surface area contributed by atoms with Gasteiger partial charge in [-0.05, 0) is 30.9 Å². The van der Waals surface area contributed by atoms with Gasteiger partial charge in [-0.3, -0.25) is 4.79 Å². The SMILES string of the molecule is CC1CCCCC1OCCNC(=O)c1ccc(C(=O)O)o1. The number of furan rings is 1. The molecule has 116 valence electrons. The summed E-state index contributed by atoms with van der Waals surface area (Å²) in [4.78, 5) is 22.4. The Morgan fingerprint density at radius 2 is 2.05 bits per heavy atom. The average Bonchev–Trinajstić information content (AvgIpc) is 2.95. The van der Waals surface area contributed by atoms with Crippen molar-refractivity contribution in [1.29, 1.82) is 0 Å². The largest absolute Gasteiger partial charge is 0.475 e. The molecule has 21 heavy (non-hydrogen) atoms. The molecule has 1 aromatic rings. The molecule has 1 amide bonds. The van der Waals surface area contributed by atoms with Crippen LogP contribution in [0.3, 0.4) is 0 Å². The monoisotopic (exact) mass is 295 g/mol. The first-order chi connectivity index (χ1) is 10.1. The van der Waals surface area contributed by atoms with Gasteiger partial charge in [-0.2, -0.15) is 0 Å². The molecule has 0 spiro atoms. The van der Waals surface area contributed by atoms with Crippen LogP contribution in [0.2, 0.25) is 0 Å². The number of hydrogen-bond acceptors (Lipinski definition) is 4. The van der Waals surface area contributed by atoms with E-state index in [1.54, 1.807) is 0 Å². The Balaban J connectivity index is 1.70. The fourth-order valence-electron chi connectivity index (χ4n) is 2.57. The van der Waals surface area contributed by atoms with Gasteiger partial charge in [0.25, 0.3) is 5.91 Å². The smallest absolute Gasteiger partial charge is 0.371 e. The van der Waals surface area contributed by atoms with E-state index in [0.29, 0.717) is 19.1 Å². The summed E-state index contributed by atoms with van der Waals surface area (Å²) in [5, 5.41) is 11.4. The molecule has 0 saturated heterocycles. The third kappa shape index (κ3) is 4.32. The number of ether oxygens (including phenoxy) is 1. The second-order valence-corrected chi connectivity index (χ2v) is 5.40. The highest BCUT2D eigenvalue weighted by Crippen LogP contribution is 2.25. The van der Waals surface area contributed by atoms with E-state index in [1.807, 2.05) is 0 Å². The maximum atomic E-state index is 11.7. The third-order valence-electron chi connectivity index (χ3n) is 3.79. The summed E-state index contributed by atoms with van der Waals surface area (Å²) in [6.07, 6.45) is 5.02. The number of carboxylic acids is 1. The number of amides is 1. The number of carboxylic acid groups (broad SMARTS) is 1. The van der Waals surface area contributed by atoms with Crippen LogP contribution in [0.5, 0.6) is 0 Å². The Hall–Kier alpha value is -1.82. The summed E-state index contributed by atoms with van der Waals surface area (Å²) >= 11 is 0. The predicted molar refractivity (Wildman–Crippen MR) is 75.4 cm³/mol. The predicted octanol–water partition coefficient (Wildman–Crippen LogP) is 2.30. The molecule has 0 aliphatic heterocycles. The van der Waals surface area contributed by atoms with Crippen LogP contribution in [0.25, 0.3) is 0 Å². The first-order valence-corrected chi connectivity index (χ1v) is 7.31. The van der Waals surface area contributed by atoms with Gasteiger partial charge < -0.3 is 19.6 Å². The number of rotatable bonds is 6. The Morgan fingerprint density at radius 1 is 1.33 bits per heavy atom. The van der Waals surface area contributed by atoms with E-state index < -0.39 is 11.9 Å². The number of nitrogens with one attached hydrogen (secondary N) is 1. The van der Waals surface area contributed by atoms with Gasteiger partial charge in [0.15, 0.2) is 5.76 Å². The summed E-state index contributed by atoms with van der Waals surface area (Å²) in [5.41, 5.74) is 0. The molecule has 0 bridgehead atoms. The number of carbonyl (C=O) groups excluding carboxylic acids is 1. The molecule has 6 nitrogen and oxygen atoms in total. The van der Waals surface area contributed by atoms with Crippen molar-refractivity contribution in [2.75, 3.05) is 13.2 Å². The minimum absolute atomic E-state index is 0.00145. The van der Waals surface area contributed by atoms with Crippen molar-refractivity contribution in [3.05, 3.63) is 23.7 Å². The Labute approximate surface area is 123 Å². The maximum Gasteiger partial charge on any atom is 0.371 e. The average molecular weight is 295 g/mol. The van der Waals surface area contributed by atoms with E-state index >= 15 is 0 Å². The van der Waals surface area contributed by atoms with Crippen molar-refractivity contribution in [2.24, 2.45) is 5.92 Å². The Kier molecular flexibility index (Phi) is 5.38. The molecule has 2 N–H and O–H groups in total. The summed E-state index contributed by atoms with van der Waals surface area (Å²) < 4.78 is 10.7. The van der Waals surface area contributed by atoms with Gasteiger partial charge in [-0.1, -0.05) is 19.8 Å². The van der Waals surface area contributed by atoms with Crippen LogP contribution in [0.1, 0.15) is 53.7 Å². The Bertz CT molecular complexity index is 496. The zero-order valence-electron chi connectivity index (χ0n) is 12.1. The summed E-state index contributed by atoms with van der Waals surface area (Å²) in [6, 6.07) is 2.61. The summed E-state index contributed by atoms with van der Waals surface area (Å²) in [5.74, 6) is -1.30. The van der Waals surface area contributed by atoms with Crippen LogP contribution in [0.15, 0.2) is 16.5 Å². The third-order valence-corrected chi connectivity index (χ3v) is 3.79. The molecular weight excluding hydrogens is 274 g/mol. The van der Waals surface area contributed by atoms with E-state index in [4.69, 9.17) is 14.3 Å². The van der Waals surface area contributed by atoms with E-state index in [2.05, 4.69) is 12.2 Å². The lowest BCUT2D eigenvalue weighted by molar-refractivity contribution is -0.00301. The second-order valence-electron chi connectivity index (χ2n) is 5.40. The van der Waals surface area contributed by atoms with E-state index in [9.17, 15) is 9.59 Å². The highest BCUT2D eigenvalue weighted by atomic mass is 16.5. The standard InChI is InChI=1S/C15H21NO5/c1-10-4-2-3-5-11(10)20-9-8-16-14(17)12-6-7-13(21-12)15(18)19/h6-7,10-11H,2-5,8-9H2,1H3,(H,16,17)(H,18,19). The molecule has 1 aliphatic rings. The van der Waals surface area contributed by atoms with Gasteiger partial charge in [0.05, 0.1) is 12.7 Å². The molecule has 0 aromatic carbocycles. The molecule has 1 aliphatic carbocycles. The van der Waals surface area contributed by atoms with Crippen molar-refractivity contribution in [2.45, 2.75) is 38.7 Å². The van der Waals surface area contributed by atoms with E-state index in [-0.39, 0.29) is 17.6 Å². The normalized spacial score (nSPS) is 22.0. The van der Waals surface area contributed by atoms with Crippen LogP contribution in [-0.2, 0) is 4.74 Å². The topological polar surface area (TPSA) is 88.8 Å². The lowest BCUT2D eigenvalue weighted by Crippen LogP contribution is -2.31. The number of carbonyl (C=O) groups is 2. The molecule has 1 heterocycles. The number of hydrogen-bond donors (Lipinski definition) is 2. The number of aromatic carboxylic acids is 1. The quantitative estimate of drug-likeness (QED) is 0.786. The van der Waals surface area contributed by atoms with Gasteiger partial charge in [0, 0.05) is 6.54 Å².